The molecule has 2 aliphatic rings. The van der Waals surface area contributed by atoms with Crippen LogP contribution in [-0.2, 0) is 9.59 Å². The monoisotopic (exact) mass is 398 g/mol. The van der Waals surface area contributed by atoms with Crippen LogP contribution < -0.4 is 10.2 Å². The first-order valence-electron chi connectivity index (χ1n) is 7.38. The minimum atomic E-state index is -0.425. The highest BCUT2D eigenvalue weighted by molar-refractivity contribution is 14.1. The molecule has 21 heavy (non-hydrogen) atoms. The summed E-state index contributed by atoms with van der Waals surface area (Å²) in [7, 11) is 0. The molecule has 0 spiro atoms. The second-order valence-corrected chi connectivity index (χ2v) is 7.45. The Bertz CT molecular complexity index is 583. The maximum absolute atomic E-state index is 12.9. The SMILES string of the molecule is CC(C)C1C(=O)NC(C2CC2)C(=O)N1c1cccc(I)c1. The van der Waals surface area contributed by atoms with E-state index in [-0.39, 0.29) is 23.8 Å². The predicted octanol–water partition coefficient (Wildman–Crippen LogP) is 2.56. The summed E-state index contributed by atoms with van der Waals surface area (Å²) in [6, 6.07) is 7.03. The first-order chi connectivity index (χ1) is 9.99. The number of rotatable bonds is 3. The van der Waals surface area contributed by atoms with Crippen LogP contribution in [0, 0.1) is 15.4 Å². The standard InChI is InChI=1S/C16H19IN2O2/c1-9(2)14-15(20)18-13(10-6-7-10)16(21)19(14)12-5-3-4-11(17)8-12/h3-5,8-10,13-14H,6-7H2,1-2H3,(H,18,20). The zero-order chi connectivity index (χ0) is 15.1. The fraction of sp³-hybridized carbons (Fsp3) is 0.500. The lowest BCUT2D eigenvalue weighted by Gasteiger charge is -2.41. The highest BCUT2D eigenvalue weighted by Gasteiger charge is 2.48. The van der Waals surface area contributed by atoms with E-state index < -0.39 is 6.04 Å². The summed E-state index contributed by atoms with van der Waals surface area (Å²) in [4.78, 5) is 27.1. The molecule has 1 aliphatic carbocycles. The molecule has 1 aliphatic heterocycles. The molecule has 112 valence electrons. The highest BCUT2D eigenvalue weighted by Crippen LogP contribution is 2.37. The van der Waals surface area contributed by atoms with Crippen LogP contribution in [0.3, 0.4) is 0 Å². The Kier molecular flexibility index (Phi) is 3.94. The minimum Gasteiger partial charge on any atom is -0.342 e. The van der Waals surface area contributed by atoms with Crippen molar-refractivity contribution in [1.82, 2.24) is 5.32 Å². The van der Waals surface area contributed by atoms with Crippen molar-refractivity contribution in [2.24, 2.45) is 11.8 Å². The van der Waals surface area contributed by atoms with Crippen molar-refractivity contribution in [3.05, 3.63) is 27.8 Å². The first-order valence-corrected chi connectivity index (χ1v) is 8.46. The summed E-state index contributed by atoms with van der Waals surface area (Å²) in [5.74, 6) is 0.407. The molecule has 3 rings (SSSR count). The third kappa shape index (κ3) is 2.80. The number of carbonyl (C=O) groups is 2. The van der Waals surface area contributed by atoms with Gasteiger partial charge in [0, 0.05) is 9.26 Å². The van der Waals surface area contributed by atoms with Crippen LogP contribution in [0.5, 0.6) is 0 Å². The van der Waals surface area contributed by atoms with Gasteiger partial charge in [0.15, 0.2) is 0 Å². The summed E-state index contributed by atoms with van der Waals surface area (Å²) in [6.45, 7) is 3.96. The van der Waals surface area contributed by atoms with E-state index in [1.807, 2.05) is 38.1 Å². The number of piperazine rings is 1. The zero-order valence-corrected chi connectivity index (χ0v) is 14.3. The molecule has 0 aromatic heterocycles. The number of amides is 2. The lowest BCUT2D eigenvalue weighted by Crippen LogP contribution is -2.65. The maximum atomic E-state index is 12.9. The van der Waals surface area contributed by atoms with Crippen LogP contribution in [0.1, 0.15) is 26.7 Å². The molecule has 1 saturated carbocycles. The van der Waals surface area contributed by atoms with E-state index in [1.54, 1.807) is 4.90 Å². The van der Waals surface area contributed by atoms with E-state index in [4.69, 9.17) is 0 Å². The number of hydrogen-bond donors (Lipinski definition) is 1. The average Bonchev–Trinajstić information content (AvgIpc) is 3.24. The van der Waals surface area contributed by atoms with Gasteiger partial charge in [-0.1, -0.05) is 19.9 Å². The maximum Gasteiger partial charge on any atom is 0.250 e. The lowest BCUT2D eigenvalue weighted by atomic mass is 9.95. The van der Waals surface area contributed by atoms with E-state index in [1.165, 1.54) is 0 Å². The molecule has 0 radical (unpaired) electrons. The van der Waals surface area contributed by atoms with Crippen LogP contribution in [-0.4, -0.2) is 23.9 Å². The Balaban J connectivity index is 2.01. The molecule has 2 amide bonds. The summed E-state index contributed by atoms with van der Waals surface area (Å²) in [5, 5.41) is 2.94. The zero-order valence-electron chi connectivity index (χ0n) is 12.2. The van der Waals surface area contributed by atoms with Crippen molar-refractivity contribution in [2.45, 2.75) is 38.8 Å². The molecule has 1 saturated heterocycles. The summed E-state index contributed by atoms with van der Waals surface area (Å²) in [5.41, 5.74) is 0.825. The average molecular weight is 398 g/mol. The number of carbonyl (C=O) groups excluding carboxylic acids is 2. The van der Waals surface area contributed by atoms with Gasteiger partial charge >= 0.3 is 0 Å². The van der Waals surface area contributed by atoms with E-state index in [0.717, 1.165) is 22.1 Å². The van der Waals surface area contributed by atoms with Crippen LogP contribution >= 0.6 is 22.6 Å². The second kappa shape index (κ2) is 5.59. The van der Waals surface area contributed by atoms with Gasteiger partial charge in [0.25, 0.3) is 5.91 Å². The molecule has 1 aromatic rings. The lowest BCUT2D eigenvalue weighted by molar-refractivity contribution is -0.135. The third-order valence-corrected chi connectivity index (χ3v) is 4.83. The third-order valence-electron chi connectivity index (χ3n) is 4.16. The van der Waals surface area contributed by atoms with Gasteiger partial charge in [-0.25, -0.2) is 0 Å². The van der Waals surface area contributed by atoms with Gasteiger partial charge in [-0.3, -0.25) is 14.5 Å². The Labute approximate surface area is 138 Å². The van der Waals surface area contributed by atoms with Crippen molar-refractivity contribution in [3.63, 3.8) is 0 Å². The van der Waals surface area contributed by atoms with Gasteiger partial charge in [-0.2, -0.15) is 0 Å². The molecule has 1 aromatic carbocycles. The Morgan fingerprint density at radius 1 is 1.29 bits per heavy atom. The van der Waals surface area contributed by atoms with Gasteiger partial charge in [-0.05, 0) is 65.5 Å². The van der Waals surface area contributed by atoms with Crippen molar-refractivity contribution >= 4 is 40.1 Å². The van der Waals surface area contributed by atoms with Crippen LogP contribution in [0.15, 0.2) is 24.3 Å². The molecule has 2 fully saturated rings. The molecular weight excluding hydrogens is 379 g/mol. The number of anilines is 1. The fourth-order valence-corrected chi connectivity index (χ4v) is 3.49. The fourth-order valence-electron chi connectivity index (χ4n) is 2.97. The van der Waals surface area contributed by atoms with Crippen LogP contribution in [0.2, 0.25) is 0 Å². The van der Waals surface area contributed by atoms with E-state index in [9.17, 15) is 9.59 Å². The van der Waals surface area contributed by atoms with Crippen LogP contribution in [0.4, 0.5) is 5.69 Å². The Morgan fingerprint density at radius 3 is 2.57 bits per heavy atom. The molecule has 5 heteroatoms. The smallest absolute Gasteiger partial charge is 0.250 e. The summed E-state index contributed by atoms with van der Waals surface area (Å²) < 4.78 is 1.06. The molecule has 2 unspecified atom stereocenters. The van der Waals surface area contributed by atoms with E-state index in [2.05, 4.69) is 27.9 Å². The number of nitrogens with one attached hydrogen (secondary N) is 1. The Hall–Kier alpha value is -1.11. The van der Waals surface area contributed by atoms with Gasteiger partial charge in [0.05, 0.1) is 0 Å². The number of halogens is 1. The van der Waals surface area contributed by atoms with Gasteiger partial charge < -0.3 is 5.32 Å². The van der Waals surface area contributed by atoms with Crippen molar-refractivity contribution in [2.75, 3.05) is 4.90 Å². The van der Waals surface area contributed by atoms with Gasteiger partial charge in [0.1, 0.15) is 12.1 Å². The van der Waals surface area contributed by atoms with E-state index >= 15 is 0 Å². The molecule has 1 heterocycles. The Morgan fingerprint density at radius 2 is 2.00 bits per heavy atom. The molecule has 4 nitrogen and oxygen atoms in total. The van der Waals surface area contributed by atoms with Crippen molar-refractivity contribution < 1.29 is 9.59 Å². The highest BCUT2D eigenvalue weighted by atomic mass is 127. The first kappa shape index (κ1) is 14.8. The molecule has 2 atom stereocenters. The van der Waals surface area contributed by atoms with Crippen LogP contribution in [0.25, 0.3) is 0 Å². The second-order valence-electron chi connectivity index (χ2n) is 6.20. The minimum absolute atomic E-state index is 0.0274. The van der Waals surface area contributed by atoms with Gasteiger partial charge in [0.2, 0.25) is 5.91 Å². The van der Waals surface area contributed by atoms with Gasteiger partial charge in [-0.15, -0.1) is 0 Å². The summed E-state index contributed by atoms with van der Waals surface area (Å²) in [6.07, 6.45) is 2.06. The number of hydrogen-bond acceptors (Lipinski definition) is 2. The molecule has 0 bridgehead atoms. The van der Waals surface area contributed by atoms with Crippen molar-refractivity contribution in [3.8, 4) is 0 Å². The van der Waals surface area contributed by atoms with E-state index in [0.29, 0.717) is 5.92 Å². The summed E-state index contributed by atoms with van der Waals surface area (Å²) >= 11 is 2.23. The van der Waals surface area contributed by atoms with Crippen molar-refractivity contribution in [1.29, 1.82) is 0 Å². The quantitative estimate of drug-likeness (QED) is 0.796. The number of nitrogens with zero attached hydrogens (tertiary/aromatic N) is 1. The molecule has 1 N–H and O–H groups in total. The topological polar surface area (TPSA) is 49.4 Å². The normalized spacial score (nSPS) is 26.2. The molecular formula is C16H19IN2O2. The number of benzene rings is 1. The largest absolute Gasteiger partial charge is 0.342 e. The predicted molar refractivity (Wildman–Crippen MR) is 89.9 cm³/mol.